The van der Waals surface area contributed by atoms with Gasteiger partial charge in [-0.3, -0.25) is 9.36 Å². The Morgan fingerprint density at radius 1 is 0.977 bits per heavy atom. The summed E-state index contributed by atoms with van der Waals surface area (Å²) >= 11 is 1.19. The molecule has 5 rings (SSSR count). The van der Waals surface area contributed by atoms with Gasteiger partial charge in [0.25, 0.3) is 5.56 Å². The quantitative estimate of drug-likeness (QED) is 0.261. The number of hydrogen-bond acceptors (Lipinski definition) is 10. The minimum Gasteiger partial charge on any atom is -0.493 e. The van der Waals surface area contributed by atoms with Crippen LogP contribution in [0.4, 0.5) is 0 Å². The van der Waals surface area contributed by atoms with Crippen molar-refractivity contribution in [3.8, 4) is 22.8 Å². The summed E-state index contributed by atoms with van der Waals surface area (Å²) in [5.41, 5.74) is 2.09. The van der Waals surface area contributed by atoms with Crippen LogP contribution in [0.25, 0.3) is 17.4 Å². The molecule has 2 aromatic heterocycles. The Hall–Kier alpha value is -4.90. The summed E-state index contributed by atoms with van der Waals surface area (Å²) in [6, 6.07) is 14.9. The van der Waals surface area contributed by atoms with Crippen molar-refractivity contribution in [1.82, 2.24) is 4.57 Å². The molecule has 0 unspecified atom stereocenters. The van der Waals surface area contributed by atoms with Crippen LogP contribution in [-0.4, -0.2) is 43.9 Å². The zero-order valence-corrected chi connectivity index (χ0v) is 25.2. The van der Waals surface area contributed by atoms with E-state index in [-0.39, 0.29) is 24.3 Å². The lowest BCUT2D eigenvalue weighted by Crippen LogP contribution is -2.39. The zero-order valence-electron chi connectivity index (χ0n) is 24.3. The minimum atomic E-state index is -0.810. The van der Waals surface area contributed by atoms with Gasteiger partial charge in [0, 0.05) is 11.6 Å². The molecule has 11 heteroatoms. The number of carbonyl (C=O) groups is 2. The first kappa shape index (κ1) is 29.6. The average molecular weight is 603 g/mol. The van der Waals surface area contributed by atoms with E-state index in [0.717, 1.165) is 0 Å². The maximum absolute atomic E-state index is 13.9. The fourth-order valence-corrected chi connectivity index (χ4v) is 5.89. The lowest BCUT2D eigenvalue weighted by atomic mass is 9.95. The molecule has 0 radical (unpaired) electrons. The molecule has 0 saturated carbocycles. The predicted octanol–water partition coefficient (Wildman–Crippen LogP) is 4.25. The number of fused-ring (bicyclic) bond motifs is 1. The Morgan fingerprint density at radius 2 is 1.72 bits per heavy atom. The smallest absolute Gasteiger partial charge is 0.338 e. The van der Waals surface area contributed by atoms with Crippen molar-refractivity contribution >= 4 is 29.4 Å². The number of rotatable bonds is 9. The number of carbonyl (C=O) groups excluding carboxylic acids is 2. The standard InChI is InChI=1S/C32H30N2O8S/c1-6-40-30(36)21-10-8-9-19(15-21)23-14-12-22(42-23)17-26-29(35)34-28(20-11-13-24(38-4)25(16-20)39-5)27(31(37)41-7-2)18(3)33-32(34)43-26/h8-17,28H,6-7H2,1-5H3/b26-17-/t28-/m1/s1. The molecular weight excluding hydrogens is 572 g/mol. The van der Waals surface area contributed by atoms with Crippen LogP contribution in [0.5, 0.6) is 11.5 Å². The normalized spacial score (nSPS) is 14.6. The van der Waals surface area contributed by atoms with E-state index < -0.39 is 18.0 Å². The highest BCUT2D eigenvalue weighted by Gasteiger charge is 2.34. The fraction of sp³-hybridized carbons (Fsp3) is 0.250. The van der Waals surface area contributed by atoms with E-state index in [2.05, 4.69) is 4.99 Å². The van der Waals surface area contributed by atoms with E-state index in [0.29, 0.717) is 54.7 Å². The molecule has 1 aliphatic rings. The fourth-order valence-electron chi connectivity index (χ4n) is 4.86. The molecule has 0 bridgehead atoms. The van der Waals surface area contributed by atoms with Crippen LogP contribution >= 0.6 is 11.3 Å². The van der Waals surface area contributed by atoms with Gasteiger partial charge in [0.2, 0.25) is 0 Å². The lowest BCUT2D eigenvalue weighted by Gasteiger charge is -2.25. The number of benzene rings is 2. The largest absolute Gasteiger partial charge is 0.493 e. The van der Waals surface area contributed by atoms with Crippen LogP contribution in [-0.2, 0) is 14.3 Å². The third kappa shape index (κ3) is 5.76. The summed E-state index contributed by atoms with van der Waals surface area (Å²) < 4.78 is 29.2. The van der Waals surface area contributed by atoms with Gasteiger partial charge in [-0.15, -0.1) is 0 Å². The monoisotopic (exact) mass is 602 g/mol. The molecular formula is C32H30N2O8S. The summed E-state index contributed by atoms with van der Waals surface area (Å²) in [5, 5.41) is 0. The summed E-state index contributed by atoms with van der Waals surface area (Å²) in [5.74, 6) is 0.950. The Morgan fingerprint density at radius 3 is 2.44 bits per heavy atom. The number of methoxy groups -OCH3 is 2. The molecule has 0 aliphatic carbocycles. The number of esters is 2. The average Bonchev–Trinajstić information content (AvgIpc) is 3.60. The van der Waals surface area contributed by atoms with Crippen LogP contribution in [0.2, 0.25) is 0 Å². The summed E-state index contributed by atoms with van der Waals surface area (Å²) in [6.07, 6.45) is 1.64. The Labute approximate surface area is 251 Å². The molecule has 3 heterocycles. The van der Waals surface area contributed by atoms with Crippen molar-refractivity contribution < 1.29 is 33.0 Å². The molecule has 0 amide bonds. The molecule has 0 fully saturated rings. The summed E-state index contributed by atoms with van der Waals surface area (Å²) in [4.78, 5) is 44.3. The third-order valence-electron chi connectivity index (χ3n) is 6.80. The van der Waals surface area contributed by atoms with Crippen molar-refractivity contribution in [1.29, 1.82) is 0 Å². The van der Waals surface area contributed by atoms with Gasteiger partial charge in [-0.2, -0.15) is 0 Å². The van der Waals surface area contributed by atoms with Crippen LogP contribution in [0.1, 0.15) is 48.5 Å². The van der Waals surface area contributed by atoms with Crippen LogP contribution in [0.3, 0.4) is 0 Å². The highest BCUT2D eigenvalue weighted by Crippen LogP contribution is 2.36. The molecule has 4 aromatic rings. The number of allylic oxidation sites excluding steroid dienone is 1. The second-order valence-electron chi connectivity index (χ2n) is 9.42. The molecule has 43 heavy (non-hydrogen) atoms. The van der Waals surface area contributed by atoms with Gasteiger partial charge < -0.3 is 23.4 Å². The van der Waals surface area contributed by atoms with Gasteiger partial charge in [-0.05, 0) is 62.7 Å². The highest BCUT2D eigenvalue weighted by atomic mass is 32.1. The van der Waals surface area contributed by atoms with Crippen LogP contribution < -0.4 is 24.4 Å². The van der Waals surface area contributed by atoms with Gasteiger partial charge in [0.05, 0.1) is 54.8 Å². The molecule has 1 atom stereocenters. The topological polar surface area (TPSA) is 119 Å². The van der Waals surface area contributed by atoms with E-state index >= 15 is 0 Å². The molecule has 2 aromatic carbocycles. The van der Waals surface area contributed by atoms with Gasteiger partial charge in [0.1, 0.15) is 11.5 Å². The number of aromatic nitrogens is 1. The first-order valence-corrected chi connectivity index (χ1v) is 14.4. The van der Waals surface area contributed by atoms with Crippen molar-refractivity contribution in [2.45, 2.75) is 26.8 Å². The van der Waals surface area contributed by atoms with Crippen LogP contribution in [0.15, 0.2) is 80.1 Å². The zero-order chi connectivity index (χ0) is 30.7. The molecule has 1 aliphatic heterocycles. The van der Waals surface area contributed by atoms with Crippen molar-refractivity contribution in [2.75, 3.05) is 27.4 Å². The predicted molar refractivity (Wildman–Crippen MR) is 160 cm³/mol. The van der Waals surface area contributed by atoms with E-state index in [4.69, 9.17) is 23.4 Å². The number of nitrogens with zero attached hydrogens (tertiary/aromatic N) is 2. The van der Waals surface area contributed by atoms with Crippen molar-refractivity contribution in [3.63, 3.8) is 0 Å². The second kappa shape index (κ2) is 12.5. The number of thiazole rings is 1. The molecule has 222 valence electrons. The number of ether oxygens (including phenoxy) is 4. The lowest BCUT2D eigenvalue weighted by molar-refractivity contribution is -0.139. The van der Waals surface area contributed by atoms with Crippen LogP contribution in [0, 0.1) is 0 Å². The maximum atomic E-state index is 13.9. The first-order valence-electron chi connectivity index (χ1n) is 13.6. The van der Waals surface area contributed by atoms with E-state index in [9.17, 15) is 14.4 Å². The Bertz CT molecular complexity index is 1910. The minimum absolute atomic E-state index is 0.169. The molecule has 0 N–H and O–H groups in total. The first-order chi connectivity index (χ1) is 20.8. The molecule has 0 spiro atoms. The number of furan rings is 1. The Kier molecular flexibility index (Phi) is 8.63. The number of hydrogen-bond donors (Lipinski definition) is 0. The molecule has 0 saturated heterocycles. The summed E-state index contributed by atoms with van der Waals surface area (Å²) in [7, 11) is 3.05. The van der Waals surface area contributed by atoms with E-state index in [1.807, 2.05) is 6.07 Å². The van der Waals surface area contributed by atoms with Gasteiger partial charge in [0.15, 0.2) is 16.3 Å². The highest BCUT2D eigenvalue weighted by molar-refractivity contribution is 7.07. The van der Waals surface area contributed by atoms with Crippen molar-refractivity contribution in [2.24, 2.45) is 4.99 Å². The SMILES string of the molecule is CCOC(=O)C1=C(C)N=c2s/c(=C\c3ccc(-c4cccc(C(=O)OCC)c4)o3)c(=O)n2[C@@H]1c1ccc(OC)c(OC)c1. The van der Waals surface area contributed by atoms with E-state index in [1.54, 1.807) is 75.4 Å². The maximum Gasteiger partial charge on any atom is 0.338 e. The second-order valence-corrected chi connectivity index (χ2v) is 10.4. The van der Waals surface area contributed by atoms with E-state index in [1.165, 1.54) is 30.1 Å². The van der Waals surface area contributed by atoms with Gasteiger partial charge in [-0.25, -0.2) is 14.6 Å². The van der Waals surface area contributed by atoms with Gasteiger partial charge in [-0.1, -0.05) is 29.5 Å². The molecule has 10 nitrogen and oxygen atoms in total. The van der Waals surface area contributed by atoms with Crippen molar-refractivity contribution in [3.05, 3.63) is 102 Å². The summed E-state index contributed by atoms with van der Waals surface area (Å²) in [6.45, 7) is 5.64. The van der Waals surface area contributed by atoms with Gasteiger partial charge >= 0.3 is 11.9 Å². The third-order valence-corrected chi connectivity index (χ3v) is 7.78. The Balaban J connectivity index is 1.60.